The molecule has 1 aliphatic carbocycles. The Hall–Kier alpha value is -1.17. The maximum absolute atomic E-state index is 12.5. The summed E-state index contributed by atoms with van der Waals surface area (Å²) in [7, 11) is 0. The topological polar surface area (TPSA) is 29.5 Å². The minimum atomic E-state index is -2.93. The van der Waals surface area contributed by atoms with Crippen molar-refractivity contribution in [3.8, 4) is 5.75 Å². The highest BCUT2D eigenvalue weighted by atomic mass is 79.9. The van der Waals surface area contributed by atoms with Gasteiger partial charge >= 0.3 is 6.61 Å². The molecule has 1 fully saturated rings. The van der Waals surface area contributed by atoms with Gasteiger partial charge in [0, 0.05) is 17.1 Å². The minimum absolute atomic E-state index is 0.0418. The largest absolute Gasteiger partial charge is 0.434 e. The number of hydrogen-bond donors (Lipinski definition) is 0. The number of ether oxygens (including phenoxy) is 1. The van der Waals surface area contributed by atoms with E-state index in [-0.39, 0.29) is 23.3 Å². The van der Waals surface area contributed by atoms with Gasteiger partial charge in [0.2, 0.25) is 0 Å². The van der Waals surface area contributed by atoms with Gasteiger partial charge in [0.25, 0.3) is 5.91 Å². The standard InChI is InChI=1S/C14H14BrF2NO2/c1-7(8-2-3-8)18-6-9-4-10(15)5-11(20-14(16)17)12(9)13(18)19/h4-5,7-8,14H,2-3,6H2,1H3/t7-/m0/s1. The second kappa shape index (κ2) is 4.98. The Morgan fingerprint density at radius 1 is 1.40 bits per heavy atom. The minimum Gasteiger partial charge on any atom is -0.434 e. The molecule has 0 aromatic heterocycles. The van der Waals surface area contributed by atoms with E-state index in [1.165, 1.54) is 6.07 Å². The van der Waals surface area contributed by atoms with Crippen molar-refractivity contribution in [3.63, 3.8) is 0 Å². The van der Waals surface area contributed by atoms with Crippen LogP contribution in [0.2, 0.25) is 0 Å². The van der Waals surface area contributed by atoms with Gasteiger partial charge in [-0.05, 0) is 43.4 Å². The molecule has 2 aliphatic rings. The first-order valence-corrected chi connectivity index (χ1v) is 7.35. The number of halogens is 3. The van der Waals surface area contributed by atoms with Crippen LogP contribution in [0.3, 0.4) is 0 Å². The predicted molar refractivity (Wildman–Crippen MR) is 72.8 cm³/mol. The van der Waals surface area contributed by atoms with Crippen LogP contribution in [0.4, 0.5) is 8.78 Å². The first-order chi connectivity index (χ1) is 9.47. The molecule has 6 heteroatoms. The molecule has 1 aromatic carbocycles. The Kier molecular flexibility index (Phi) is 3.44. The summed E-state index contributed by atoms with van der Waals surface area (Å²) in [5.74, 6) is 0.290. The Labute approximate surface area is 124 Å². The summed E-state index contributed by atoms with van der Waals surface area (Å²) in [5, 5.41) is 0. The van der Waals surface area contributed by atoms with Crippen LogP contribution in [-0.2, 0) is 6.54 Å². The van der Waals surface area contributed by atoms with Crippen molar-refractivity contribution in [2.24, 2.45) is 5.92 Å². The third kappa shape index (κ3) is 2.41. The average molecular weight is 346 g/mol. The molecule has 1 heterocycles. The van der Waals surface area contributed by atoms with E-state index in [4.69, 9.17) is 0 Å². The van der Waals surface area contributed by atoms with Gasteiger partial charge in [0.15, 0.2) is 0 Å². The van der Waals surface area contributed by atoms with Gasteiger partial charge in [-0.25, -0.2) is 0 Å². The normalized spacial score (nSPS) is 19.4. The number of alkyl halides is 2. The second-order valence-electron chi connectivity index (χ2n) is 5.33. The van der Waals surface area contributed by atoms with Crippen molar-refractivity contribution in [3.05, 3.63) is 27.7 Å². The van der Waals surface area contributed by atoms with Crippen LogP contribution in [0.25, 0.3) is 0 Å². The maximum Gasteiger partial charge on any atom is 0.387 e. The lowest BCUT2D eigenvalue weighted by atomic mass is 10.1. The van der Waals surface area contributed by atoms with Crippen molar-refractivity contribution in [1.82, 2.24) is 4.90 Å². The molecule has 0 saturated heterocycles. The van der Waals surface area contributed by atoms with E-state index in [0.717, 1.165) is 18.4 Å². The van der Waals surface area contributed by atoms with Gasteiger partial charge in [-0.1, -0.05) is 15.9 Å². The maximum atomic E-state index is 12.5. The van der Waals surface area contributed by atoms with Crippen LogP contribution < -0.4 is 4.74 Å². The number of fused-ring (bicyclic) bond motifs is 1. The quantitative estimate of drug-likeness (QED) is 0.830. The van der Waals surface area contributed by atoms with E-state index in [9.17, 15) is 13.6 Å². The van der Waals surface area contributed by atoms with Gasteiger partial charge < -0.3 is 9.64 Å². The number of amides is 1. The predicted octanol–water partition coefficient (Wildman–Crippen LogP) is 3.80. The van der Waals surface area contributed by atoms with Crippen LogP contribution in [-0.4, -0.2) is 23.5 Å². The van der Waals surface area contributed by atoms with Crippen LogP contribution in [0.5, 0.6) is 5.75 Å². The van der Waals surface area contributed by atoms with Gasteiger partial charge in [-0.2, -0.15) is 8.78 Å². The highest BCUT2D eigenvalue weighted by Gasteiger charge is 2.40. The first-order valence-electron chi connectivity index (χ1n) is 6.55. The Balaban J connectivity index is 1.94. The molecule has 0 unspecified atom stereocenters. The molecule has 0 spiro atoms. The third-order valence-electron chi connectivity index (χ3n) is 3.98. The zero-order valence-electron chi connectivity index (χ0n) is 10.9. The molecule has 108 valence electrons. The Morgan fingerprint density at radius 3 is 2.70 bits per heavy atom. The van der Waals surface area contributed by atoms with Gasteiger partial charge in [0.1, 0.15) is 5.75 Å². The fourth-order valence-electron chi connectivity index (χ4n) is 2.75. The molecule has 1 saturated carbocycles. The zero-order valence-corrected chi connectivity index (χ0v) is 12.5. The molecular formula is C14H14BrF2NO2. The lowest BCUT2D eigenvalue weighted by Crippen LogP contribution is -2.34. The molecule has 1 aliphatic heterocycles. The monoisotopic (exact) mass is 345 g/mol. The number of hydrogen-bond acceptors (Lipinski definition) is 2. The van der Waals surface area contributed by atoms with Crippen molar-refractivity contribution < 1.29 is 18.3 Å². The molecule has 3 nitrogen and oxygen atoms in total. The van der Waals surface area contributed by atoms with Gasteiger partial charge in [-0.15, -0.1) is 0 Å². The van der Waals surface area contributed by atoms with E-state index >= 15 is 0 Å². The van der Waals surface area contributed by atoms with Crippen molar-refractivity contribution in [2.75, 3.05) is 0 Å². The Bertz CT molecular complexity index is 560. The average Bonchev–Trinajstić information content (AvgIpc) is 3.13. The highest BCUT2D eigenvalue weighted by molar-refractivity contribution is 9.10. The van der Waals surface area contributed by atoms with Crippen LogP contribution >= 0.6 is 15.9 Å². The lowest BCUT2D eigenvalue weighted by Gasteiger charge is -2.24. The number of carbonyl (C=O) groups excluding carboxylic acids is 1. The molecular weight excluding hydrogens is 332 g/mol. The van der Waals surface area contributed by atoms with E-state index in [1.807, 2.05) is 6.92 Å². The van der Waals surface area contributed by atoms with Crippen molar-refractivity contribution in [2.45, 2.75) is 39.0 Å². The van der Waals surface area contributed by atoms with E-state index < -0.39 is 6.61 Å². The summed E-state index contributed by atoms with van der Waals surface area (Å²) >= 11 is 3.27. The van der Waals surface area contributed by atoms with Gasteiger partial charge in [0.05, 0.1) is 5.56 Å². The van der Waals surface area contributed by atoms with Crippen LogP contribution in [0.1, 0.15) is 35.7 Å². The summed E-state index contributed by atoms with van der Waals surface area (Å²) in [6.45, 7) is -0.453. The SMILES string of the molecule is C[C@@H](C1CC1)N1Cc2cc(Br)cc(OC(F)F)c2C1=O. The van der Waals surface area contributed by atoms with E-state index in [1.54, 1.807) is 11.0 Å². The molecule has 0 bridgehead atoms. The van der Waals surface area contributed by atoms with Crippen LogP contribution in [0.15, 0.2) is 16.6 Å². The van der Waals surface area contributed by atoms with Gasteiger partial charge in [-0.3, -0.25) is 4.79 Å². The molecule has 1 amide bonds. The summed E-state index contributed by atoms with van der Waals surface area (Å²) in [4.78, 5) is 14.2. The number of nitrogens with zero attached hydrogens (tertiary/aromatic N) is 1. The number of rotatable bonds is 4. The Morgan fingerprint density at radius 2 is 2.10 bits per heavy atom. The summed E-state index contributed by atoms with van der Waals surface area (Å²) in [6, 6.07) is 3.37. The zero-order chi connectivity index (χ0) is 14.4. The first kappa shape index (κ1) is 13.8. The fraction of sp³-hybridized carbons (Fsp3) is 0.500. The molecule has 0 radical (unpaired) electrons. The molecule has 20 heavy (non-hydrogen) atoms. The fourth-order valence-corrected chi connectivity index (χ4v) is 3.24. The lowest BCUT2D eigenvalue weighted by molar-refractivity contribution is -0.0502. The summed E-state index contributed by atoms with van der Waals surface area (Å²) in [6.07, 6.45) is 2.26. The summed E-state index contributed by atoms with van der Waals surface area (Å²) < 4.78 is 30.1. The van der Waals surface area contributed by atoms with E-state index in [0.29, 0.717) is 16.9 Å². The number of benzene rings is 1. The smallest absolute Gasteiger partial charge is 0.387 e. The number of carbonyl (C=O) groups is 1. The second-order valence-corrected chi connectivity index (χ2v) is 6.24. The molecule has 3 rings (SSSR count). The summed E-state index contributed by atoms with van der Waals surface area (Å²) in [5.41, 5.74) is 1.02. The molecule has 1 aromatic rings. The van der Waals surface area contributed by atoms with Crippen LogP contribution in [0, 0.1) is 5.92 Å². The third-order valence-corrected chi connectivity index (χ3v) is 4.43. The highest BCUT2D eigenvalue weighted by Crippen LogP contribution is 2.41. The van der Waals surface area contributed by atoms with Crippen molar-refractivity contribution >= 4 is 21.8 Å². The molecule has 0 N–H and O–H groups in total. The van der Waals surface area contributed by atoms with E-state index in [2.05, 4.69) is 20.7 Å². The molecule has 1 atom stereocenters. The van der Waals surface area contributed by atoms with Crippen molar-refractivity contribution in [1.29, 1.82) is 0 Å².